The summed E-state index contributed by atoms with van der Waals surface area (Å²) in [5.41, 5.74) is 3.39. The number of benzene rings is 1. The van der Waals surface area contributed by atoms with E-state index in [9.17, 15) is 9.59 Å². The van der Waals surface area contributed by atoms with Gasteiger partial charge in [-0.25, -0.2) is 4.79 Å². The van der Waals surface area contributed by atoms with E-state index in [1.54, 1.807) is 0 Å². The van der Waals surface area contributed by atoms with Crippen LogP contribution in [0.25, 0.3) is 10.9 Å². The van der Waals surface area contributed by atoms with Crippen molar-refractivity contribution >= 4 is 22.8 Å². The summed E-state index contributed by atoms with van der Waals surface area (Å²) in [6, 6.07) is 7.80. The fraction of sp³-hybridized carbons (Fsp3) is 0.476. The molecular weight excluding hydrogens is 328 g/mol. The summed E-state index contributed by atoms with van der Waals surface area (Å²) in [5.74, 6) is -0.0771. The Morgan fingerprint density at radius 2 is 2.00 bits per heavy atom. The number of pyridine rings is 1. The third kappa shape index (κ3) is 3.43. The van der Waals surface area contributed by atoms with Crippen LogP contribution in [0.1, 0.15) is 54.2 Å². The minimum Gasteiger partial charge on any atom is -0.452 e. The summed E-state index contributed by atoms with van der Waals surface area (Å²) in [5, 5.41) is 3.73. The Hall–Kier alpha value is -2.43. The van der Waals surface area contributed by atoms with Crippen molar-refractivity contribution in [1.82, 2.24) is 10.3 Å². The normalized spacial score (nSPS) is 17.4. The molecule has 136 valence electrons. The molecule has 2 aliphatic rings. The Bertz CT molecular complexity index is 858. The standard InChI is InChI=1S/C21H24N2O3/c1-13(14-10-11-14)22-19(24)12-26-21(25)20-15-6-2-4-8-17(15)23-18-9-5-3-7-16(18)20/h2,4,6,8,13-14H,3,5,7,9-12H2,1H3,(H,22,24)/t13-/m1/s1. The van der Waals surface area contributed by atoms with Crippen LogP contribution in [0.2, 0.25) is 0 Å². The van der Waals surface area contributed by atoms with Crippen molar-refractivity contribution in [3.63, 3.8) is 0 Å². The number of para-hydroxylation sites is 1. The monoisotopic (exact) mass is 352 g/mol. The fourth-order valence-electron chi connectivity index (χ4n) is 3.82. The van der Waals surface area contributed by atoms with Gasteiger partial charge in [-0.1, -0.05) is 18.2 Å². The molecule has 2 aliphatic carbocycles. The highest BCUT2D eigenvalue weighted by atomic mass is 16.5. The van der Waals surface area contributed by atoms with Gasteiger partial charge in [0.25, 0.3) is 5.91 Å². The number of esters is 1. The molecule has 4 rings (SSSR count). The molecule has 1 saturated carbocycles. The summed E-state index contributed by atoms with van der Waals surface area (Å²) in [6.07, 6.45) is 6.19. The van der Waals surface area contributed by atoms with Crippen molar-refractivity contribution in [2.24, 2.45) is 5.92 Å². The Morgan fingerprint density at radius 1 is 1.23 bits per heavy atom. The summed E-state index contributed by atoms with van der Waals surface area (Å²) < 4.78 is 5.39. The minimum absolute atomic E-state index is 0.149. The Kier molecular flexibility index (Phi) is 4.62. The highest BCUT2D eigenvalue weighted by molar-refractivity contribution is 6.05. The fourth-order valence-corrected chi connectivity index (χ4v) is 3.82. The van der Waals surface area contributed by atoms with Gasteiger partial charge in [0.15, 0.2) is 6.61 Å². The SMILES string of the molecule is C[C@@H](NC(=O)COC(=O)c1c2c(nc3ccccc13)CCCC2)C1CC1. The van der Waals surface area contributed by atoms with Crippen molar-refractivity contribution in [3.05, 3.63) is 41.1 Å². The molecular formula is C21H24N2O3. The molecule has 5 heteroatoms. The van der Waals surface area contributed by atoms with Gasteiger partial charge >= 0.3 is 5.97 Å². The molecule has 5 nitrogen and oxygen atoms in total. The zero-order chi connectivity index (χ0) is 18.1. The number of nitrogens with zero attached hydrogens (tertiary/aromatic N) is 1. The lowest BCUT2D eigenvalue weighted by atomic mass is 9.90. The van der Waals surface area contributed by atoms with Crippen LogP contribution in [-0.2, 0) is 22.4 Å². The first kappa shape index (κ1) is 17.0. The molecule has 0 bridgehead atoms. The molecule has 0 radical (unpaired) electrons. The van der Waals surface area contributed by atoms with Gasteiger partial charge in [0.1, 0.15) is 0 Å². The molecule has 2 aromatic rings. The van der Waals surface area contributed by atoms with E-state index in [2.05, 4.69) is 5.32 Å². The first-order chi connectivity index (χ1) is 12.6. The van der Waals surface area contributed by atoms with Crippen molar-refractivity contribution < 1.29 is 14.3 Å². The van der Waals surface area contributed by atoms with Crippen molar-refractivity contribution in [2.45, 2.75) is 51.5 Å². The molecule has 1 aromatic carbocycles. The molecule has 1 atom stereocenters. The summed E-state index contributed by atoms with van der Waals surface area (Å²) >= 11 is 0. The molecule has 0 aliphatic heterocycles. The van der Waals surface area contributed by atoms with E-state index >= 15 is 0 Å². The maximum absolute atomic E-state index is 12.8. The second-order valence-electron chi connectivity index (χ2n) is 7.41. The summed E-state index contributed by atoms with van der Waals surface area (Å²) in [6.45, 7) is 1.77. The van der Waals surface area contributed by atoms with Gasteiger partial charge < -0.3 is 10.1 Å². The van der Waals surface area contributed by atoms with Gasteiger partial charge in [-0.15, -0.1) is 0 Å². The third-order valence-corrected chi connectivity index (χ3v) is 5.43. The average Bonchev–Trinajstić information content (AvgIpc) is 3.49. The number of hydrogen-bond donors (Lipinski definition) is 1. The van der Waals surface area contributed by atoms with Crippen molar-refractivity contribution in [3.8, 4) is 0 Å². The number of hydrogen-bond acceptors (Lipinski definition) is 4. The van der Waals surface area contributed by atoms with Crippen LogP contribution in [0, 0.1) is 5.92 Å². The van der Waals surface area contributed by atoms with Crippen molar-refractivity contribution in [2.75, 3.05) is 6.61 Å². The first-order valence-corrected chi connectivity index (χ1v) is 9.50. The maximum atomic E-state index is 12.8. The predicted molar refractivity (Wildman–Crippen MR) is 99.0 cm³/mol. The molecule has 1 amide bonds. The van der Waals surface area contributed by atoms with E-state index < -0.39 is 5.97 Å². The number of nitrogens with one attached hydrogen (secondary N) is 1. The molecule has 1 aromatic heterocycles. The molecule has 26 heavy (non-hydrogen) atoms. The van der Waals surface area contributed by atoms with Gasteiger partial charge in [0.05, 0.1) is 11.1 Å². The van der Waals surface area contributed by atoms with E-state index in [1.165, 1.54) is 0 Å². The largest absolute Gasteiger partial charge is 0.452 e. The van der Waals surface area contributed by atoms with Gasteiger partial charge in [0.2, 0.25) is 0 Å². The Morgan fingerprint density at radius 3 is 2.81 bits per heavy atom. The highest BCUT2D eigenvalue weighted by Crippen LogP contribution is 2.32. The number of rotatable bonds is 5. The topological polar surface area (TPSA) is 68.3 Å². The van der Waals surface area contributed by atoms with Crippen LogP contribution < -0.4 is 5.32 Å². The molecule has 1 heterocycles. The second-order valence-corrected chi connectivity index (χ2v) is 7.41. The lowest BCUT2D eigenvalue weighted by Gasteiger charge is -2.20. The van der Waals surface area contributed by atoms with Crippen LogP contribution in [0.3, 0.4) is 0 Å². The van der Waals surface area contributed by atoms with Gasteiger partial charge in [-0.2, -0.15) is 0 Å². The number of aromatic nitrogens is 1. The van der Waals surface area contributed by atoms with Crippen LogP contribution in [0.5, 0.6) is 0 Å². The van der Waals surface area contributed by atoms with E-state index in [0.717, 1.165) is 60.7 Å². The predicted octanol–water partition coefficient (Wildman–Crippen LogP) is 3.19. The summed E-state index contributed by atoms with van der Waals surface area (Å²) in [4.78, 5) is 29.6. The zero-order valence-electron chi connectivity index (χ0n) is 15.1. The summed E-state index contributed by atoms with van der Waals surface area (Å²) in [7, 11) is 0. The molecule has 0 saturated heterocycles. The Balaban J connectivity index is 1.55. The van der Waals surface area contributed by atoms with Gasteiger partial charge in [-0.3, -0.25) is 9.78 Å². The average molecular weight is 352 g/mol. The smallest absolute Gasteiger partial charge is 0.339 e. The first-order valence-electron chi connectivity index (χ1n) is 9.50. The third-order valence-electron chi connectivity index (χ3n) is 5.43. The number of aryl methyl sites for hydroxylation is 1. The minimum atomic E-state index is -0.420. The van der Waals surface area contributed by atoms with Crippen molar-refractivity contribution in [1.29, 1.82) is 0 Å². The van der Waals surface area contributed by atoms with Gasteiger partial charge in [-0.05, 0) is 63.0 Å². The van der Waals surface area contributed by atoms with Crippen LogP contribution >= 0.6 is 0 Å². The van der Waals surface area contributed by atoms with Gasteiger partial charge in [0, 0.05) is 17.1 Å². The number of ether oxygens (including phenoxy) is 1. The van der Waals surface area contributed by atoms with E-state index in [4.69, 9.17) is 9.72 Å². The number of carbonyl (C=O) groups is 2. The molecule has 0 unspecified atom stereocenters. The van der Waals surface area contributed by atoms with Crippen LogP contribution in [-0.4, -0.2) is 29.5 Å². The van der Waals surface area contributed by atoms with E-state index in [-0.39, 0.29) is 18.6 Å². The number of fused-ring (bicyclic) bond motifs is 2. The Labute approximate surface area is 153 Å². The van der Waals surface area contributed by atoms with E-state index in [1.807, 2.05) is 31.2 Å². The lowest BCUT2D eigenvalue weighted by Crippen LogP contribution is -2.37. The van der Waals surface area contributed by atoms with Crippen LogP contribution in [0.4, 0.5) is 0 Å². The molecule has 0 spiro atoms. The highest BCUT2D eigenvalue weighted by Gasteiger charge is 2.29. The number of amides is 1. The lowest BCUT2D eigenvalue weighted by molar-refractivity contribution is -0.124. The van der Waals surface area contributed by atoms with E-state index in [0.29, 0.717) is 11.5 Å². The van der Waals surface area contributed by atoms with Crippen LogP contribution in [0.15, 0.2) is 24.3 Å². The maximum Gasteiger partial charge on any atom is 0.339 e. The molecule has 1 N–H and O–H groups in total. The second kappa shape index (κ2) is 7.06. The number of carbonyl (C=O) groups excluding carboxylic acids is 2. The quantitative estimate of drug-likeness (QED) is 0.839. The zero-order valence-corrected chi connectivity index (χ0v) is 15.1. The molecule has 1 fully saturated rings.